The van der Waals surface area contributed by atoms with Gasteiger partial charge in [0.05, 0.1) is 16.2 Å². The van der Waals surface area contributed by atoms with Gasteiger partial charge in [0.15, 0.2) is 15.0 Å². The number of hydrogen-bond donors (Lipinski definition) is 1. The fourth-order valence-corrected chi connectivity index (χ4v) is 3.66. The van der Waals surface area contributed by atoms with Crippen molar-refractivity contribution in [1.82, 2.24) is 9.55 Å². The van der Waals surface area contributed by atoms with Gasteiger partial charge in [-0.2, -0.15) is 0 Å². The number of rotatable bonds is 6. The van der Waals surface area contributed by atoms with Crippen LogP contribution < -0.4 is 0 Å². The highest BCUT2D eigenvalue weighted by atomic mass is 32.2. The molecule has 0 amide bonds. The molecule has 114 valence electrons. The molecular weight excluding hydrogens is 312 g/mol. The lowest BCUT2D eigenvalue weighted by atomic mass is 10.3. The van der Waals surface area contributed by atoms with E-state index in [4.69, 9.17) is 5.11 Å². The van der Waals surface area contributed by atoms with Crippen molar-refractivity contribution < 1.29 is 18.3 Å². The number of aliphatic carboxylic acids is 1. The van der Waals surface area contributed by atoms with Crippen molar-refractivity contribution in [1.29, 1.82) is 0 Å². The topological polar surface area (TPSA) is 89.3 Å². The Kier molecular flexibility index (Phi) is 4.58. The van der Waals surface area contributed by atoms with Crippen molar-refractivity contribution in [3.05, 3.63) is 18.2 Å². The zero-order valence-corrected chi connectivity index (χ0v) is 13.4. The van der Waals surface area contributed by atoms with Gasteiger partial charge in [-0.3, -0.25) is 4.79 Å². The molecule has 6 nitrogen and oxygen atoms in total. The van der Waals surface area contributed by atoms with Crippen LogP contribution in [0.5, 0.6) is 0 Å². The van der Waals surface area contributed by atoms with E-state index in [1.54, 1.807) is 12.1 Å². The lowest BCUT2D eigenvalue weighted by Gasteiger charge is -2.06. The fourth-order valence-electron chi connectivity index (χ4n) is 2.08. The molecule has 0 bridgehead atoms. The van der Waals surface area contributed by atoms with E-state index in [2.05, 4.69) is 4.98 Å². The third kappa shape index (κ3) is 3.38. The number of sulfone groups is 1. The Hall–Kier alpha value is -1.54. The predicted octanol–water partition coefficient (Wildman–Crippen LogP) is 2.03. The SMILES string of the molecule is CCCn1c(SCC(=O)O)nc2c(S(C)(=O)=O)cccc21. The summed E-state index contributed by atoms with van der Waals surface area (Å²) in [6.07, 6.45) is 1.99. The molecule has 0 spiro atoms. The summed E-state index contributed by atoms with van der Waals surface area (Å²) in [4.78, 5) is 15.3. The summed E-state index contributed by atoms with van der Waals surface area (Å²) < 4.78 is 25.6. The van der Waals surface area contributed by atoms with Gasteiger partial charge < -0.3 is 9.67 Å². The van der Waals surface area contributed by atoms with Crippen molar-refractivity contribution in [3.63, 3.8) is 0 Å². The van der Waals surface area contributed by atoms with Gasteiger partial charge in [-0.25, -0.2) is 13.4 Å². The molecule has 2 aromatic rings. The number of benzene rings is 1. The third-order valence-corrected chi connectivity index (χ3v) is 4.97. The Bertz CT molecular complexity index is 781. The van der Waals surface area contributed by atoms with Gasteiger partial charge in [0.2, 0.25) is 0 Å². The van der Waals surface area contributed by atoms with E-state index in [0.29, 0.717) is 22.7 Å². The number of imidazole rings is 1. The lowest BCUT2D eigenvalue weighted by Crippen LogP contribution is -2.03. The molecule has 1 N–H and O–H groups in total. The van der Waals surface area contributed by atoms with Crippen molar-refractivity contribution in [2.24, 2.45) is 0 Å². The highest BCUT2D eigenvalue weighted by molar-refractivity contribution is 7.99. The Morgan fingerprint density at radius 3 is 2.71 bits per heavy atom. The van der Waals surface area contributed by atoms with Crippen LogP contribution in [0, 0.1) is 0 Å². The number of carboxylic acid groups (broad SMARTS) is 1. The maximum Gasteiger partial charge on any atom is 0.313 e. The van der Waals surface area contributed by atoms with Crippen LogP contribution in [0.3, 0.4) is 0 Å². The molecule has 2 rings (SSSR count). The van der Waals surface area contributed by atoms with Gasteiger partial charge in [-0.05, 0) is 18.6 Å². The normalized spacial score (nSPS) is 11.9. The summed E-state index contributed by atoms with van der Waals surface area (Å²) in [6.45, 7) is 2.66. The molecule has 0 saturated heterocycles. The molecule has 0 aliphatic rings. The van der Waals surface area contributed by atoms with Crippen molar-refractivity contribution >= 4 is 38.6 Å². The van der Waals surface area contributed by atoms with Gasteiger partial charge in [0.1, 0.15) is 5.52 Å². The van der Waals surface area contributed by atoms with E-state index in [0.717, 1.165) is 24.4 Å². The average molecular weight is 328 g/mol. The molecule has 1 aromatic heterocycles. The first kappa shape index (κ1) is 15.8. The number of hydrogen-bond acceptors (Lipinski definition) is 5. The van der Waals surface area contributed by atoms with Crippen molar-refractivity contribution in [3.8, 4) is 0 Å². The Labute approximate surface area is 127 Å². The van der Waals surface area contributed by atoms with Gasteiger partial charge in [0.25, 0.3) is 0 Å². The maximum atomic E-state index is 11.8. The van der Waals surface area contributed by atoms with E-state index in [9.17, 15) is 13.2 Å². The van der Waals surface area contributed by atoms with Gasteiger partial charge in [0, 0.05) is 12.8 Å². The van der Waals surface area contributed by atoms with Crippen LogP contribution in [0.25, 0.3) is 11.0 Å². The number of carbonyl (C=O) groups is 1. The quantitative estimate of drug-likeness (QED) is 0.816. The Balaban J connectivity index is 2.63. The number of aromatic nitrogens is 2. The van der Waals surface area contributed by atoms with E-state index >= 15 is 0 Å². The standard InChI is InChI=1S/C13H16N2O4S2/c1-3-7-15-9-5-4-6-10(21(2,18)19)12(9)14-13(15)20-8-11(16)17/h4-6H,3,7-8H2,1-2H3,(H,16,17). The highest BCUT2D eigenvalue weighted by Crippen LogP contribution is 2.28. The van der Waals surface area contributed by atoms with Crippen LogP contribution in [0.1, 0.15) is 13.3 Å². The first-order valence-electron chi connectivity index (χ1n) is 6.38. The van der Waals surface area contributed by atoms with E-state index < -0.39 is 15.8 Å². The monoisotopic (exact) mass is 328 g/mol. The second-order valence-electron chi connectivity index (χ2n) is 4.62. The third-order valence-electron chi connectivity index (χ3n) is 2.88. The van der Waals surface area contributed by atoms with Crippen LogP contribution in [-0.4, -0.2) is 41.1 Å². The summed E-state index contributed by atoms with van der Waals surface area (Å²) >= 11 is 1.10. The summed E-state index contributed by atoms with van der Waals surface area (Å²) in [5.74, 6) is -1.04. The number of aryl methyl sites for hydroxylation is 1. The van der Waals surface area contributed by atoms with Gasteiger partial charge >= 0.3 is 5.97 Å². The Morgan fingerprint density at radius 1 is 1.43 bits per heavy atom. The molecule has 0 aliphatic carbocycles. The number of nitrogens with zero attached hydrogens (tertiary/aromatic N) is 2. The number of thioether (sulfide) groups is 1. The van der Waals surface area contributed by atoms with Crippen LogP contribution in [0.4, 0.5) is 0 Å². The van der Waals surface area contributed by atoms with Crippen LogP contribution in [0.2, 0.25) is 0 Å². The van der Waals surface area contributed by atoms with Gasteiger partial charge in [-0.1, -0.05) is 24.8 Å². The zero-order chi connectivity index (χ0) is 15.6. The Morgan fingerprint density at radius 2 is 2.14 bits per heavy atom. The smallest absolute Gasteiger partial charge is 0.313 e. The second-order valence-corrected chi connectivity index (χ2v) is 7.55. The predicted molar refractivity (Wildman–Crippen MR) is 81.5 cm³/mol. The number of fused-ring (bicyclic) bond motifs is 1. The van der Waals surface area contributed by atoms with Crippen LogP contribution >= 0.6 is 11.8 Å². The molecule has 1 aromatic carbocycles. The molecule has 0 radical (unpaired) electrons. The second kappa shape index (κ2) is 6.07. The van der Waals surface area contributed by atoms with Gasteiger partial charge in [-0.15, -0.1) is 0 Å². The van der Waals surface area contributed by atoms with E-state index in [-0.39, 0.29) is 10.6 Å². The maximum absolute atomic E-state index is 11.8. The molecular formula is C13H16N2O4S2. The molecule has 21 heavy (non-hydrogen) atoms. The molecule has 0 fully saturated rings. The number of carboxylic acids is 1. The van der Waals surface area contributed by atoms with E-state index in [1.165, 1.54) is 6.07 Å². The average Bonchev–Trinajstić information content (AvgIpc) is 2.74. The van der Waals surface area contributed by atoms with E-state index in [1.807, 2.05) is 11.5 Å². The minimum Gasteiger partial charge on any atom is -0.481 e. The highest BCUT2D eigenvalue weighted by Gasteiger charge is 2.19. The molecule has 0 atom stereocenters. The molecule has 0 aliphatic heterocycles. The molecule has 0 unspecified atom stereocenters. The first-order valence-corrected chi connectivity index (χ1v) is 9.26. The summed E-state index contributed by atoms with van der Waals surface area (Å²) in [5, 5.41) is 9.33. The number of para-hydroxylation sites is 1. The van der Waals surface area contributed by atoms with Crippen LogP contribution in [0.15, 0.2) is 28.3 Å². The largest absolute Gasteiger partial charge is 0.481 e. The summed E-state index contributed by atoms with van der Waals surface area (Å²) in [7, 11) is -3.38. The van der Waals surface area contributed by atoms with Crippen molar-refractivity contribution in [2.45, 2.75) is 29.9 Å². The molecule has 0 saturated carbocycles. The minimum atomic E-state index is -3.38. The lowest BCUT2D eigenvalue weighted by molar-refractivity contribution is -0.133. The summed E-state index contributed by atoms with van der Waals surface area (Å²) in [6, 6.07) is 5.00. The van der Waals surface area contributed by atoms with Crippen molar-refractivity contribution in [2.75, 3.05) is 12.0 Å². The minimum absolute atomic E-state index is 0.110. The van der Waals surface area contributed by atoms with Crippen LogP contribution in [-0.2, 0) is 21.2 Å². The molecule has 1 heterocycles. The summed E-state index contributed by atoms with van der Waals surface area (Å²) in [5.41, 5.74) is 1.12. The molecule has 8 heteroatoms. The fraction of sp³-hybridized carbons (Fsp3) is 0.385. The zero-order valence-electron chi connectivity index (χ0n) is 11.7. The first-order chi connectivity index (χ1) is 9.84.